The zero-order valence-corrected chi connectivity index (χ0v) is 21.3. The standard InChI is InChI=1S/C31H24F6O3/c1-31(22-9-3-6-12-25(22)39-29(36)27(32)33,23-10-4-7-13-26(23)40-30(37)28(34)35)21-16-14-19(15-17-21)18-20-8-2-5-11-24(20)38/h3-4,6-7,9-10,12-18H,2,5,8,11H2,1H3/b20-18-. The number of allylic oxidation sites excluding steroid dienone is 1. The molecule has 0 radical (unpaired) electrons. The van der Waals surface area contributed by atoms with Crippen LogP contribution in [0.1, 0.15) is 54.9 Å². The highest BCUT2D eigenvalue weighted by molar-refractivity contribution is 6.00. The molecule has 0 spiro atoms. The first kappa shape index (κ1) is 28.7. The summed E-state index contributed by atoms with van der Waals surface area (Å²) in [6.45, 7) is 1.62. The molecular formula is C31H24F6O3. The molecule has 1 aliphatic carbocycles. The molecule has 0 aromatic heterocycles. The highest BCUT2D eigenvalue weighted by Gasteiger charge is 2.37. The van der Waals surface area contributed by atoms with Crippen LogP contribution in [-0.4, -0.2) is 5.78 Å². The van der Waals surface area contributed by atoms with Crippen LogP contribution in [0.15, 0.2) is 103 Å². The van der Waals surface area contributed by atoms with Crippen LogP contribution in [0.3, 0.4) is 0 Å². The second-order valence-corrected chi connectivity index (χ2v) is 9.31. The van der Waals surface area contributed by atoms with Gasteiger partial charge < -0.3 is 9.47 Å². The lowest BCUT2D eigenvalue weighted by atomic mass is 9.70. The van der Waals surface area contributed by atoms with Crippen molar-refractivity contribution in [2.24, 2.45) is 0 Å². The van der Waals surface area contributed by atoms with E-state index in [1.807, 2.05) is 0 Å². The highest BCUT2D eigenvalue weighted by atomic mass is 19.3. The van der Waals surface area contributed by atoms with Crippen LogP contribution in [-0.2, 0) is 10.2 Å². The number of ketones is 1. The first-order valence-electron chi connectivity index (χ1n) is 12.4. The summed E-state index contributed by atoms with van der Waals surface area (Å²) in [5.41, 5.74) is 0.853. The van der Waals surface area contributed by atoms with Crippen LogP contribution in [0.25, 0.3) is 6.08 Å². The summed E-state index contributed by atoms with van der Waals surface area (Å²) in [5, 5.41) is 0. The predicted octanol–water partition coefficient (Wildman–Crippen LogP) is 9.40. The van der Waals surface area contributed by atoms with Crippen molar-refractivity contribution < 1.29 is 40.6 Å². The van der Waals surface area contributed by atoms with Gasteiger partial charge in [-0.25, -0.2) is 0 Å². The van der Waals surface area contributed by atoms with Crippen LogP contribution >= 0.6 is 0 Å². The summed E-state index contributed by atoms with van der Waals surface area (Å²) in [4.78, 5) is 12.3. The van der Waals surface area contributed by atoms with E-state index in [4.69, 9.17) is 9.47 Å². The zero-order chi connectivity index (χ0) is 28.9. The maximum absolute atomic E-state index is 13.9. The van der Waals surface area contributed by atoms with Crippen LogP contribution in [0.5, 0.6) is 11.5 Å². The molecule has 0 amide bonds. The van der Waals surface area contributed by atoms with Gasteiger partial charge in [-0.1, -0.05) is 60.7 Å². The number of para-hydroxylation sites is 2. The number of benzene rings is 3. The SMILES string of the molecule is CC(c1ccc(/C=C2/CCCCC2=O)cc1)(c1ccccc1OC(F)=C(F)F)c1ccccc1OC(F)=C(F)F. The third-order valence-corrected chi connectivity index (χ3v) is 6.83. The first-order chi connectivity index (χ1) is 19.1. The minimum absolute atomic E-state index is 0.0858. The van der Waals surface area contributed by atoms with Crippen molar-refractivity contribution in [1.29, 1.82) is 0 Å². The largest absolute Gasteiger partial charge is 0.427 e. The molecule has 3 nitrogen and oxygen atoms in total. The van der Waals surface area contributed by atoms with Gasteiger partial charge in [-0.2, -0.15) is 26.3 Å². The van der Waals surface area contributed by atoms with Crippen molar-refractivity contribution in [2.75, 3.05) is 0 Å². The normalized spacial score (nSPS) is 14.6. The summed E-state index contributed by atoms with van der Waals surface area (Å²) in [5.74, 6) is -0.476. The molecule has 0 saturated heterocycles. The zero-order valence-electron chi connectivity index (χ0n) is 21.3. The number of rotatable bonds is 8. The van der Waals surface area contributed by atoms with Crippen molar-refractivity contribution in [2.45, 2.75) is 38.0 Å². The molecular weight excluding hydrogens is 534 g/mol. The van der Waals surface area contributed by atoms with E-state index in [1.165, 1.54) is 36.4 Å². The molecule has 0 N–H and O–H groups in total. The van der Waals surface area contributed by atoms with E-state index < -0.39 is 29.6 Å². The van der Waals surface area contributed by atoms with E-state index >= 15 is 0 Å². The van der Waals surface area contributed by atoms with Crippen LogP contribution in [0.4, 0.5) is 26.3 Å². The molecule has 3 aromatic carbocycles. The number of hydrogen-bond donors (Lipinski definition) is 0. The number of ether oxygens (including phenoxy) is 2. The fraction of sp³-hybridized carbons (Fsp3) is 0.194. The Bertz CT molecular complexity index is 1410. The van der Waals surface area contributed by atoms with E-state index in [2.05, 4.69) is 0 Å². The summed E-state index contributed by atoms with van der Waals surface area (Å²) in [6.07, 6.45) is -0.615. The third-order valence-electron chi connectivity index (χ3n) is 6.83. The molecule has 1 fully saturated rings. The van der Waals surface area contributed by atoms with Gasteiger partial charge in [-0.05, 0) is 61.1 Å². The first-order valence-corrected chi connectivity index (χ1v) is 12.4. The molecule has 208 valence electrons. The van der Waals surface area contributed by atoms with Crippen molar-refractivity contribution in [1.82, 2.24) is 0 Å². The second-order valence-electron chi connectivity index (χ2n) is 9.31. The van der Waals surface area contributed by atoms with Crippen molar-refractivity contribution in [3.05, 3.63) is 125 Å². The van der Waals surface area contributed by atoms with E-state index in [-0.39, 0.29) is 28.4 Å². The van der Waals surface area contributed by atoms with Crippen molar-refractivity contribution >= 4 is 11.9 Å². The Labute approximate surface area is 227 Å². The minimum atomic E-state index is -2.67. The Morgan fingerprint density at radius 1 is 0.700 bits per heavy atom. The fourth-order valence-electron chi connectivity index (χ4n) is 4.83. The molecule has 0 bridgehead atoms. The summed E-state index contributed by atoms with van der Waals surface area (Å²) < 4.78 is 89.4. The van der Waals surface area contributed by atoms with Crippen LogP contribution in [0.2, 0.25) is 0 Å². The lowest BCUT2D eigenvalue weighted by Gasteiger charge is -2.34. The van der Waals surface area contributed by atoms with E-state index in [1.54, 1.807) is 49.4 Å². The van der Waals surface area contributed by atoms with Crippen molar-refractivity contribution in [3.63, 3.8) is 0 Å². The number of hydrogen-bond acceptors (Lipinski definition) is 3. The Morgan fingerprint density at radius 3 is 1.65 bits per heavy atom. The molecule has 0 aliphatic heterocycles. The maximum Gasteiger partial charge on any atom is 0.344 e. The average Bonchev–Trinajstić information content (AvgIpc) is 2.94. The average molecular weight is 559 g/mol. The number of carbonyl (C=O) groups is 1. The minimum Gasteiger partial charge on any atom is -0.427 e. The molecule has 3 aromatic rings. The monoisotopic (exact) mass is 558 g/mol. The number of carbonyl (C=O) groups excluding carboxylic acids is 1. The molecule has 4 rings (SSSR count). The summed E-state index contributed by atoms with van der Waals surface area (Å²) in [7, 11) is 0. The smallest absolute Gasteiger partial charge is 0.344 e. The Balaban J connectivity index is 1.91. The van der Waals surface area contributed by atoms with Gasteiger partial charge in [0, 0.05) is 23.0 Å². The molecule has 9 heteroatoms. The van der Waals surface area contributed by atoms with Gasteiger partial charge in [0.2, 0.25) is 0 Å². The fourth-order valence-corrected chi connectivity index (χ4v) is 4.83. The van der Waals surface area contributed by atoms with E-state index in [9.17, 15) is 31.1 Å². The highest BCUT2D eigenvalue weighted by Crippen LogP contribution is 2.47. The second kappa shape index (κ2) is 12.3. The lowest BCUT2D eigenvalue weighted by molar-refractivity contribution is -0.116. The third kappa shape index (κ3) is 6.14. The molecule has 40 heavy (non-hydrogen) atoms. The number of halogens is 6. The van der Waals surface area contributed by atoms with Gasteiger partial charge in [0.1, 0.15) is 11.5 Å². The number of Topliss-reactive ketones (excluding diaryl/α,β-unsaturated/α-hetero) is 1. The summed E-state index contributed by atoms with van der Waals surface area (Å²) in [6, 6.07) is 14.2. The molecule has 0 unspecified atom stereocenters. The molecule has 1 saturated carbocycles. The van der Waals surface area contributed by atoms with Gasteiger partial charge >= 0.3 is 24.2 Å². The molecule has 1 aliphatic rings. The van der Waals surface area contributed by atoms with Crippen LogP contribution < -0.4 is 9.47 Å². The Kier molecular flexibility index (Phi) is 8.82. The predicted molar refractivity (Wildman–Crippen MR) is 138 cm³/mol. The topological polar surface area (TPSA) is 35.5 Å². The maximum atomic E-state index is 13.9. The van der Waals surface area contributed by atoms with Crippen LogP contribution in [0, 0.1) is 0 Å². The molecule has 0 heterocycles. The quantitative estimate of drug-likeness (QED) is 0.120. The van der Waals surface area contributed by atoms with E-state index in [0.717, 1.165) is 18.4 Å². The van der Waals surface area contributed by atoms with Gasteiger partial charge in [-0.3, -0.25) is 4.79 Å². The summed E-state index contributed by atoms with van der Waals surface area (Å²) >= 11 is 0. The van der Waals surface area contributed by atoms with Gasteiger partial charge in [0.15, 0.2) is 5.78 Å². The van der Waals surface area contributed by atoms with Crippen molar-refractivity contribution in [3.8, 4) is 11.5 Å². The Morgan fingerprint density at radius 2 is 1.18 bits per heavy atom. The van der Waals surface area contributed by atoms with E-state index in [0.29, 0.717) is 24.0 Å². The molecule has 0 atom stereocenters. The Hall–Kier alpha value is -4.27. The van der Waals surface area contributed by atoms with Gasteiger partial charge in [0.25, 0.3) is 0 Å². The van der Waals surface area contributed by atoms with Gasteiger partial charge in [0.05, 0.1) is 0 Å². The van der Waals surface area contributed by atoms with Gasteiger partial charge in [-0.15, -0.1) is 0 Å². The lowest BCUT2D eigenvalue weighted by Crippen LogP contribution is -2.27.